The van der Waals surface area contributed by atoms with E-state index < -0.39 is 17.7 Å². The van der Waals surface area contributed by atoms with Crippen LogP contribution in [0, 0.1) is 6.92 Å². The molecule has 1 atom stereocenters. The maximum atomic E-state index is 13.5. The van der Waals surface area contributed by atoms with Crippen LogP contribution in [0.1, 0.15) is 35.2 Å². The first-order valence-electron chi connectivity index (χ1n) is 14.6. The average Bonchev–Trinajstić information content (AvgIpc) is 3.29. The van der Waals surface area contributed by atoms with Crippen molar-refractivity contribution in [1.29, 1.82) is 0 Å². The second kappa shape index (κ2) is 13.8. The van der Waals surface area contributed by atoms with Gasteiger partial charge >= 0.3 is 0 Å². The minimum absolute atomic E-state index is 0.0340. The summed E-state index contributed by atoms with van der Waals surface area (Å²) in [6.45, 7) is 8.43. The number of hydrogen-bond donors (Lipinski definition) is 1. The number of rotatable bonds is 11. The van der Waals surface area contributed by atoms with Crippen LogP contribution in [-0.4, -0.2) is 79.7 Å². The normalized spacial score (nSPS) is 18.6. The van der Waals surface area contributed by atoms with E-state index in [4.69, 9.17) is 18.9 Å². The molecule has 2 aliphatic rings. The number of ether oxygens (including phenoxy) is 4. The number of ketones is 1. The fourth-order valence-corrected chi connectivity index (χ4v) is 5.46. The fraction of sp³-hybridized carbons (Fsp3) is 0.353. The summed E-state index contributed by atoms with van der Waals surface area (Å²) < 4.78 is 22.7. The first-order valence-corrected chi connectivity index (χ1v) is 14.6. The summed E-state index contributed by atoms with van der Waals surface area (Å²) in [5.74, 6) is 0.0470. The molecule has 3 aromatic rings. The monoisotopic (exact) mass is 586 g/mol. The van der Waals surface area contributed by atoms with Crippen molar-refractivity contribution >= 4 is 17.4 Å². The number of nitrogens with zero attached hydrogens (tertiary/aromatic N) is 2. The van der Waals surface area contributed by atoms with Gasteiger partial charge in [0.1, 0.15) is 18.1 Å². The van der Waals surface area contributed by atoms with Crippen LogP contribution in [0.3, 0.4) is 0 Å². The Morgan fingerprint density at radius 1 is 0.953 bits per heavy atom. The van der Waals surface area contributed by atoms with E-state index in [1.54, 1.807) is 43.5 Å². The number of carbonyl (C=O) groups excluding carboxylic acids is 2. The molecule has 43 heavy (non-hydrogen) atoms. The molecule has 1 amide bonds. The molecular weight excluding hydrogens is 548 g/mol. The number of aryl methyl sites for hydroxylation is 1. The zero-order chi connectivity index (χ0) is 30.3. The van der Waals surface area contributed by atoms with Crippen LogP contribution in [-0.2, 0) is 20.9 Å². The predicted molar refractivity (Wildman–Crippen MR) is 162 cm³/mol. The standard InChI is InChI=1S/C34H38N2O7/c1-4-42-28-14-11-25(21-29(28)40-3)31-30(33(38)34(39)36(31)16-15-35-17-19-41-20-18-35)32(37)24-9-12-27(13-10-24)43-22-26-8-6-5-7-23(26)2/h5-14,21,31,37H,4,15-20,22H2,1-3H3/b32-30+. The SMILES string of the molecule is CCOc1ccc(C2/C(=C(\O)c3ccc(OCc4ccccc4C)cc3)C(=O)C(=O)N2CCN2CCOCC2)cc1OC. The number of Topliss-reactive ketones (excluding diaryl/α,β-unsaturated/α-hetero) is 1. The molecule has 2 aliphatic heterocycles. The van der Waals surface area contributed by atoms with Crippen LogP contribution in [0.5, 0.6) is 17.2 Å². The smallest absolute Gasteiger partial charge is 0.295 e. The molecule has 2 saturated heterocycles. The van der Waals surface area contributed by atoms with Gasteiger partial charge in [-0.3, -0.25) is 14.5 Å². The zero-order valence-corrected chi connectivity index (χ0v) is 24.9. The minimum atomic E-state index is -0.803. The van der Waals surface area contributed by atoms with Gasteiger partial charge in [0.15, 0.2) is 11.5 Å². The lowest BCUT2D eigenvalue weighted by Crippen LogP contribution is -2.42. The van der Waals surface area contributed by atoms with Crippen molar-refractivity contribution in [1.82, 2.24) is 9.80 Å². The first-order chi connectivity index (χ1) is 20.9. The summed E-state index contributed by atoms with van der Waals surface area (Å²) >= 11 is 0. The van der Waals surface area contributed by atoms with E-state index >= 15 is 0 Å². The Labute approximate surface area is 252 Å². The second-order valence-corrected chi connectivity index (χ2v) is 10.5. The maximum absolute atomic E-state index is 13.5. The molecule has 226 valence electrons. The Kier molecular flexibility index (Phi) is 9.64. The van der Waals surface area contributed by atoms with E-state index in [2.05, 4.69) is 4.90 Å². The molecule has 9 nitrogen and oxygen atoms in total. The van der Waals surface area contributed by atoms with Gasteiger partial charge in [-0.1, -0.05) is 30.3 Å². The van der Waals surface area contributed by atoms with Gasteiger partial charge in [-0.25, -0.2) is 0 Å². The first kappa shape index (κ1) is 30.1. The van der Waals surface area contributed by atoms with Gasteiger partial charge in [0.25, 0.3) is 11.7 Å². The highest BCUT2D eigenvalue weighted by atomic mass is 16.5. The average molecular weight is 587 g/mol. The van der Waals surface area contributed by atoms with Crippen LogP contribution in [0.4, 0.5) is 0 Å². The third-order valence-electron chi connectivity index (χ3n) is 7.89. The number of aliphatic hydroxyl groups excluding tert-OH is 1. The molecule has 0 aromatic heterocycles. The van der Waals surface area contributed by atoms with Crippen LogP contribution < -0.4 is 14.2 Å². The van der Waals surface area contributed by atoms with Crippen LogP contribution >= 0.6 is 0 Å². The van der Waals surface area contributed by atoms with Crippen LogP contribution in [0.15, 0.2) is 72.3 Å². The molecule has 5 rings (SSSR count). The van der Waals surface area contributed by atoms with Crippen molar-refractivity contribution in [2.75, 3.05) is 53.1 Å². The van der Waals surface area contributed by atoms with Crippen molar-refractivity contribution < 1.29 is 33.6 Å². The summed E-state index contributed by atoms with van der Waals surface area (Å²) in [7, 11) is 1.54. The number of morpholine rings is 1. The van der Waals surface area contributed by atoms with Crippen molar-refractivity contribution in [3.8, 4) is 17.2 Å². The lowest BCUT2D eigenvalue weighted by Gasteiger charge is -2.31. The quantitative estimate of drug-likeness (QED) is 0.196. The van der Waals surface area contributed by atoms with E-state index in [1.807, 2.05) is 44.2 Å². The molecule has 3 aromatic carbocycles. The number of aliphatic hydroxyl groups is 1. The largest absolute Gasteiger partial charge is 0.507 e. The van der Waals surface area contributed by atoms with Gasteiger partial charge in [-0.2, -0.15) is 0 Å². The minimum Gasteiger partial charge on any atom is -0.507 e. The maximum Gasteiger partial charge on any atom is 0.295 e. The van der Waals surface area contributed by atoms with Gasteiger partial charge < -0.3 is 29.0 Å². The predicted octanol–water partition coefficient (Wildman–Crippen LogP) is 4.74. The summed E-state index contributed by atoms with van der Waals surface area (Å²) in [5, 5.41) is 11.5. The van der Waals surface area contributed by atoms with Gasteiger partial charge in [0.05, 0.1) is 38.5 Å². The molecule has 0 radical (unpaired) electrons. The number of benzene rings is 3. The Bertz CT molecular complexity index is 1480. The number of amides is 1. The summed E-state index contributed by atoms with van der Waals surface area (Å²) in [4.78, 5) is 30.7. The third kappa shape index (κ3) is 6.68. The molecule has 0 aliphatic carbocycles. The number of carbonyl (C=O) groups is 2. The Morgan fingerprint density at radius 2 is 1.70 bits per heavy atom. The highest BCUT2D eigenvalue weighted by Gasteiger charge is 2.46. The molecule has 9 heteroatoms. The van der Waals surface area contributed by atoms with E-state index in [9.17, 15) is 14.7 Å². The summed E-state index contributed by atoms with van der Waals surface area (Å²) in [5.41, 5.74) is 3.31. The Balaban J connectivity index is 1.46. The van der Waals surface area contributed by atoms with Gasteiger partial charge in [0.2, 0.25) is 0 Å². The molecule has 0 saturated carbocycles. The van der Waals surface area contributed by atoms with E-state index in [-0.39, 0.29) is 11.3 Å². The molecule has 0 bridgehead atoms. The van der Waals surface area contributed by atoms with Gasteiger partial charge in [0, 0.05) is 31.7 Å². The summed E-state index contributed by atoms with van der Waals surface area (Å²) in [6, 6.07) is 19.4. The number of methoxy groups -OCH3 is 1. The number of hydrogen-bond acceptors (Lipinski definition) is 8. The lowest BCUT2D eigenvalue weighted by molar-refractivity contribution is -0.140. The van der Waals surface area contributed by atoms with Gasteiger partial charge in [-0.05, 0) is 66.9 Å². The lowest BCUT2D eigenvalue weighted by atomic mass is 9.95. The molecule has 0 spiro atoms. The molecule has 2 fully saturated rings. The second-order valence-electron chi connectivity index (χ2n) is 10.5. The third-order valence-corrected chi connectivity index (χ3v) is 7.89. The Morgan fingerprint density at radius 3 is 2.40 bits per heavy atom. The van der Waals surface area contributed by atoms with Crippen LogP contribution in [0.2, 0.25) is 0 Å². The van der Waals surface area contributed by atoms with Crippen molar-refractivity contribution in [2.24, 2.45) is 0 Å². The Hall–Kier alpha value is -4.34. The summed E-state index contributed by atoms with van der Waals surface area (Å²) in [6.07, 6.45) is 0. The zero-order valence-electron chi connectivity index (χ0n) is 24.9. The fourth-order valence-electron chi connectivity index (χ4n) is 5.46. The van der Waals surface area contributed by atoms with Crippen LogP contribution in [0.25, 0.3) is 5.76 Å². The highest BCUT2D eigenvalue weighted by molar-refractivity contribution is 6.46. The molecule has 1 unspecified atom stereocenters. The van der Waals surface area contributed by atoms with Crippen molar-refractivity contribution in [3.63, 3.8) is 0 Å². The molecular formula is C34H38N2O7. The topological polar surface area (TPSA) is 97.8 Å². The number of likely N-dealkylation sites (tertiary alicyclic amines) is 1. The van der Waals surface area contributed by atoms with E-state index in [0.29, 0.717) is 67.9 Å². The molecule has 2 heterocycles. The highest BCUT2D eigenvalue weighted by Crippen LogP contribution is 2.42. The van der Waals surface area contributed by atoms with E-state index in [0.717, 1.165) is 24.2 Å². The van der Waals surface area contributed by atoms with Crippen molar-refractivity contribution in [3.05, 3.63) is 94.6 Å². The van der Waals surface area contributed by atoms with Crippen molar-refractivity contribution in [2.45, 2.75) is 26.5 Å². The van der Waals surface area contributed by atoms with Gasteiger partial charge in [-0.15, -0.1) is 0 Å². The van der Waals surface area contributed by atoms with E-state index in [1.165, 1.54) is 4.90 Å². The molecule has 1 N–H and O–H groups in total.